The summed E-state index contributed by atoms with van der Waals surface area (Å²) in [5.74, 6) is 0.582. The monoisotopic (exact) mass is 844 g/mol. The van der Waals surface area contributed by atoms with Crippen LogP contribution in [0.25, 0.3) is 0 Å². The number of nitrogens with zero attached hydrogens (tertiary/aromatic N) is 2. The maximum atomic E-state index is 12.8. The number of carbonyl (C=O) groups is 4. The van der Waals surface area contributed by atoms with Crippen LogP contribution in [-0.2, 0) is 0 Å². The number of benzene rings is 2. The van der Waals surface area contributed by atoms with Crippen molar-refractivity contribution < 1.29 is 34.1 Å². The summed E-state index contributed by atoms with van der Waals surface area (Å²) in [6, 6.07) is 20.5. The Morgan fingerprint density at radius 1 is 0.621 bits per heavy atom. The van der Waals surface area contributed by atoms with E-state index in [0.717, 1.165) is 77.8 Å². The smallest absolute Gasteiger partial charge is 0.335 e. The molecule has 0 unspecified atom stereocenters. The molecule has 2 saturated carbocycles. The number of nitrogens with one attached hydrogen (secondary N) is 2. The summed E-state index contributed by atoms with van der Waals surface area (Å²) in [6.45, 7) is 4.19. The molecular formula is C44H52N4O7S3. The molecule has 0 spiro atoms. The molecule has 2 aromatic carbocycles. The zero-order valence-corrected chi connectivity index (χ0v) is 35.5. The molecule has 0 aliphatic heterocycles. The Labute approximate surface area is 353 Å². The number of hydrogen-bond donors (Lipinski definition) is 4. The third kappa shape index (κ3) is 13.8. The lowest BCUT2D eigenvalue weighted by Crippen LogP contribution is -2.36. The van der Waals surface area contributed by atoms with Crippen molar-refractivity contribution >= 4 is 59.0 Å². The van der Waals surface area contributed by atoms with Gasteiger partial charge in [0.15, 0.2) is 0 Å². The van der Waals surface area contributed by atoms with Crippen LogP contribution in [0, 0.1) is 0 Å². The number of carbonyl (C=O) groups excluding carboxylic acids is 2. The number of pyridine rings is 2. The average Bonchev–Trinajstić information content (AvgIpc) is 3.23. The van der Waals surface area contributed by atoms with Crippen LogP contribution in [0.5, 0.6) is 11.6 Å². The van der Waals surface area contributed by atoms with Gasteiger partial charge in [-0.2, -0.15) is 0 Å². The van der Waals surface area contributed by atoms with E-state index in [0.29, 0.717) is 27.8 Å². The Balaban J connectivity index is 0.000000221. The molecule has 0 saturated heterocycles. The third-order valence-corrected chi connectivity index (χ3v) is 12.9. The fourth-order valence-corrected chi connectivity index (χ4v) is 9.11. The molecule has 6 rings (SSSR count). The third-order valence-electron chi connectivity index (χ3n) is 9.57. The highest BCUT2D eigenvalue weighted by Crippen LogP contribution is 2.32. The molecule has 0 bridgehead atoms. The molecule has 0 atom stereocenters. The number of thioether (sulfide) groups is 2. The minimum atomic E-state index is -0.985. The molecular weight excluding hydrogens is 793 g/mol. The molecule has 2 heterocycles. The van der Waals surface area contributed by atoms with Gasteiger partial charge in [0.2, 0.25) is 5.88 Å². The largest absolute Gasteiger partial charge is 0.478 e. The van der Waals surface area contributed by atoms with Gasteiger partial charge in [-0.15, -0.1) is 23.5 Å². The Morgan fingerprint density at radius 2 is 1.09 bits per heavy atom. The first kappa shape index (κ1) is 44.6. The van der Waals surface area contributed by atoms with Gasteiger partial charge >= 0.3 is 11.9 Å². The van der Waals surface area contributed by atoms with E-state index in [4.69, 9.17) is 19.9 Å². The summed E-state index contributed by atoms with van der Waals surface area (Å²) in [4.78, 5) is 57.8. The molecule has 14 heteroatoms. The number of carboxylic acid groups (broad SMARTS) is 2. The van der Waals surface area contributed by atoms with E-state index in [9.17, 15) is 19.2 Å². The van der Waals surface area contributed by atoms with E-state index in [1.165, 1.54) is 61.3 Å². The fraction of sp³-hybridized carbons (Fsp3) is 0.409. The molecule has 308 valence electrons. The van der Waals surface area contributed by atoms with E-state index < -0.39 is 11.9 Å². The zero-order chi connectivity index (χ0) is 41.3. The summed E-state index contributed by atoms with van der Waals surface area (Å²) in [6.07, 6.45) is 13.3. The molecule has 4 aromatic rings. The number of ether oxygens (including phenoxy) is 1. The Bertz CT molecular complexity index is 1840. The highest BCUT2D eigenvalue weighted by atomic mass is 32.2. The van der Waals surface area contributed by atoms with Crippen molar-refractivity contribution in [3.8, 4) is 11.6 Å². The topological polar surface area (TPSA) is 168 Å². The molecule has 58 heavy (non-hydrogen) atoms. The minimum absolute atomic E-state index is 0.0367. The van der Waals surface area contributed by atoms with E-state index in [1.54, 1.807) is 60.3 Å². The van der Waals surface area contributed by atoms with E-state index in [-0.39, 0.29) is 35.0 Å². The lowest BCUT2D eigenvalue weighted by Gasteiger charge is -2.23. The number of rotatable bonds is 16. The summed E-state index contributed by atoms with van der Waals surface area (Å²) < 4.78 is 5.77. The lowest BCUT2D eigenvalue weighted by molar-refractivity contribution is 0.0686. The first-order chi connectivity index (χ1) is 28.1. The molecule has 2 fully saturated rings. The first-order valence-electron chi connectivity index (χ1n) is 20.0. The van der Waals surface area contributed by atoms with Crippen LogP contribution in [0.2, 0.25) is 0 Å². The summed E-state index contributed by atoms with van der Waals surface area (Å²) in [5, 5.41) is 26.5. The van der Waals surface area contributed by atoms with Gasteiger partial charge < -0.3 is 25.6 Å². The standard InChI is InChI=1S/C22H26N2O4S.C22H26N2O3S2/c1-2-14-29-21-18(20(25)23-16-6-4-3-5-7-16)12-13-19(24-21)28-17-10-8-15(9-11-17)22(26)27;1-2-14-28-21-18(20(25)23-16-6-4-3-5-7-16)12-13-19(24-21)29-17-10-8-15(9-11-17)22(26)27/h2*8-13,16H,2-7,14H2,1H3,(H,23,25)(H,26,27). The Kier molecular flexibility index (Phi) is 17.8. The number of carboxylic acids is 2. The van der Waals surface area contributed by atoms with Crippen LogP contribution in [0.3, 0.4) is 0 Å². The van der Waals surface area contributed by atoms with Gasteiger partial charge in [0.1, 0.15) is 20.8 Å². The summed E-state index contributed by atoms with van der Waals surface area (Å²) >= 11 is 4.61. The molecule has 2 aliphatic rings. The Morgan fingerprint density at radius 3 is 1.57 bits per heavy atom. The van der Waals surface area contributed by atoms with Gasteiger partial charge in [-0.25, -0.2) is 19.6 Å². The van der Waals surface area contributed by atoms with Gasteiger partial charge in [0.25, 0.3) is 11.8 Å². The summed E-state index contributed by atoms with van der Waals surface area (Å²) in [7, 11) is 0. The predicted molar refractivity (Wildman–Crippen MR) is 230 cm³/mol. The van der Waals surface area contributed by atoms with Crippen LogP contribution in [0.1, 0.15) is 132 Å². The van der Waals surface area contributed by atoms with Crippen molar-refractivity contribution in [2.24, 2.45) is 0 Å². The highest BCUT2D eigenvalue weighted by molar-refractivity contribution is 8.00. The molecule has 4 N–H and O–H groups in total. The van der Waals surface area contributed by atoms with Crippen molar-refractivity contribution in [1.82, 2.24) is 20.6 Å². The van der Waals surface area contributed by atoms with E-state index in [2.05, 4.69) is 29.5 Å². The van der Waals surface area contributed by atoms with Gasteiger partial charge in [-0.1, -0.05) is 64.1 Å². The molecule has 0 radical (unpaired) electrons. The second-order valence-electron chi connectivity index (χ2n) is 14.2. The van der Waals surface area contributed by atoms with Gasteiger partial charge in [0, 0.05) is 23.0 Å². The van der Waals surface area contributed by atoms with E-state index >= 15 is 0 Å². The van der Waals surface area contributed by atoms with Crippen molar-refractivity contribution in [2.45, 2.75) is 123 Å². The zero-order valence-electron chi connectivity index (χ0n) is 33.0. The predicted octanol–water partition coefficient (Wildman–Crippen LogP) is 10.6. The van der Waals surface area contributed by atoms with Crippen LogP contribution < -0.4 is 15.4 Å². The highest BCUT2D eigenvalue weighted by Gasteiger charge is 2.22. The number of aromatic carboxylic acids is 2. The number of aromatic nitrogens is 2. The molecule has 2 aliphatic carbocycles. The van der Waals surface area contributed by atoms with Gasteiger partial charge in [-0.3, -0.25) is 9.59 Å². The van der Waals surface area contributed by atoms with Crippen LogP contribution in [-0.4, -0.2) is 67.5 Å². The maximum absolute atomic E-state index is 12.8. The quantitative estimate of drug-likeness (QED) is 0.0789. The van der Waals surface area contributed by atoms with Gasteiger partial charge in [-0.05, 0) is 117 Å². The normalized spacial score (nSPS) is 14.4. The van der Waals surface area contributed by atoms with Crippen molar-refractivity contribution in [2.75, 3.05) is 11.5 Å². The maximum Gasteiger partial charge on any atom is 0.335 e. The molecule has 2 aromatic heterocycles. The lowest BCUT2D eigenvalue weighted by atomic mass is 9.95. The summed E-state index contributed by atoms with van der Waals surface area (Å²) in [5.41, 5.74) is 1.66. The van der Waals surface area contributed by atoms with Gasteiger partial charge in [0.05, 0.1) is 22.3 Å². The number of hydrogen-bond acceptors (Lipinski definition) is 10. The first-order valence-corrected chi connectivity index (χ1v) is 22.8. The second kappa shape index (κ2) is 23.2. The van der Waals surface area contributed by atoms with Crippen molar-refractivity contribution in [3.05, 3.63) is 95.1 Å². The SMILES string of the molecule is CCCSc1nc(Oc2ccc(C(=O)O)cc2)ccc1C(=O)NC1CCCCC1.CCCSc1nc(Sc2ccc(C(=O)O)cc2)ccc1C(=O)NC1CCCCC1. The van der Waals surface area contributed by atoms with Crippen LogP contribution >= 0.6 is 35.3 Å². The molecule has 11 nitrogen and oxygen atoms in total. The minimum Gasteiger partial charge on any atom is -0.478 e. The number of amides is 2. The molecule has 2 amide bonds. The van der Waals surface area contributed by atoms with E-state index in [1.807, 2.05) is 12.1 Å². The average molecular weight is 845 g/mol. The van der Waals surface area contributed by atoms with Crippen LogP contribution in [0.4, 0.5) is 0 Å². The second-order valence-corrected chi connectivity index (χ2v) is 17.4. The van der Waals surface area contributed by atoms with Crippen LogP contribution in [0.15, 0.2) is 92.8 Å². The fourth-order valence-electron chi connectivity index (χ4n) is 6.52. The Hall–Kier alpha value is -4.53. The van der Waals surface area contributed by atoms with Crippen molar-refractivity contribution in [1.29, 1.82) is 0 Å². The van der Waals surface area contributed by atoms with Crippen molar-refractivity contribution in [3.63, 3.8) is 0 Å².